The van der Waals surface area contributed by atoms with E-state index in [1.54, 1.807) is 30.3 Å². The Balaban J connectivity index is 0.000000612. The van der Waals surface area contributed by atoms with Crippen molar-refractivity contribution in [3.63, 3.8) is 0 Å². The van der Waals surface area contributed by atoms with Crippen LogP contribution in [0.4, 0.5) is 0 Å². The lowest BCUT2D eigenvalue weighted by molar-refractivity contribution is 0.481. The van der Waals surface area contributed by atoms with E-state index in [-0.39, 0.29) is 5.56 Å². The summed E-state index contributed by atoms with van der Waals surface area (Å²) in [6.07, 6.45) is 0. The van der Waals surface area contributed by atoms with Crippen LogP contribution in [0, 0.1) is 22.7 Å². The van der Waals surface area contributed by atoms with Crippen LogP contribution in [0.5, 0.6) is 11.5 Å². The molecule has 4 heteroatoms. The fourth-order valence-corrected chi connectivity index (χ4v) is 1.44. The summed E-state index contributed by atoms with van der Waals surface area (Å²) < 4.78 is 5.57. The zero-order valence-corrected chi connectivity index (χ0v) is 11.4. The highest BCUT2D eigenvalue weighted by Crippen LogP contribution is 2.26. The standard InChI is InChI=1S/C14H8N2O.C2H7N/c15-9-11-5-4-8-14(13(11)10-16)17-12-6-2-1-3-7-12;1-3-2/h1-8H;3H,1-2H3. The molecule has 0 saturated carbocycles. The molecule has 0 unspecified atom stereocenters. The minimum atomic E-state index is 0.263. The minimum absolute atomic E-state index is 0.263. The SMILES string of the molecule is CNC.N#Cc1cccc(Oc2ccccc2)c1C#N. The lowest BCUT2D eigenvalue weighted by Crippen LogP contribution is -1.91. The highest BCUT2D eigenvalue weighted by Gasteiger charge is 2.09. The topological polar surface area (TPSA) is 68.8 Å². The summed E-state index contributed by atoms with van der Waals surface area (Å²) in [4.78, 5) is 0. The van der Waals surface area contributed by atoms with Gasteiger partial charge in [0.2, 0.25) is 0 Å². The zero-order chi connectivity index (χ0) is 14.8. The van der Waals surface area contributed by atoms with Crippen molar-refractivity contribution in [1.29, 1.82) is 10.5 Å². The molecule has 0 aromatic heterocycles. The summed E-state index contributed by atoms with van der Waals surface area (Å²) in [6.45, 7) is 0. The molecular formula is C16H15N3O. The van der Waals surface area contributed by atoms with E-state index in [1.165, 1.54) is 0 Å². The van der Waals surface area contributed by atoms with E-state index in [0.29, 0.717) is 17.1 Å². The maximum absolute atomic E-state index is 9.03. The number of ether oxygens (including phenoxy) is 1. The summed E-state index contributed by atoms with van der Waals surface area (Å²) in [5, 5.41) is 20.7. The van der Waals surface area contributed by atoms with Gasteiger partial charge in [-0.3, -0.25) is 0 Å². The van der Waals surface area contributed by atoms with E-state index in [1.807, 2.05) is 44.4 Å². The molecule has 0 spiro atoms. The first kappa shape index (κ1) is 15.2. The Morgan fingerprint density at radius 1 is 0.900 bits per heavy atom. The Kier molecular flexibility index (Phi) is 6.33. The van der Waals surface area contributed by atoms with Crippen LogP contribution in [0.25, 0.3) is 0 Å². The van der Waals surface area contributed by atoms with E-state index < -0.39 is 0 Å². The molecule has 2 aromatic carbocycles. The van der Waals surface area contributed by atoms with E-state index in [2.05, 4.69) is 5.32 Å². The quantitative estimate of drug-likeness (QED) is 0.906. The lowest BCUT2D eigenvalue weighted by atomic mass is 10.1. The predicted molar refractivity (Wildman–Crippen MR) is 77.4 cm³/mol. The van der Waals surface area contributed by atoms with E-state index in [0.717, 1.165) is 0 Å². The van der Waals surface area contributed by atoms with E-state index in [9.17, 15) is 0 Å². The average Bonchev–Trinajstić information content (AvgIpc) is 2.49. The van der Waals surface area contributed by atoms with Crippen molar-refractivity contribution >= 4 is 0 Å². The van der Waals surface area contributed by atoms with Crippen LogP contribution in [-0.4, -0.2) is 14.1 Å². The number of hydrogen-bond donors (Lipinski definition) is 1. The van der Waals surface area contributed by atoms with Crippen LogP contribution in [0.2, 0.25) is 0 Å². The fourth-order valence-electron chi connectivity index (χ4n) is 1.44. The van der Waals surface area contributed by atoms with Gasteiger partial charge >= 0.3 is 0 Å². The van der Waals surface area contributed by atoms with Crippen LogP contribution in [0.3, 0.4) is 0 Å². The Hall–Kier alpha value is -2.82. The molecule has 2 aromatic rings. The average molecular weight is 265 g/mol. The van der Waals surface area contributed by atoms with Crippen molar-refractivity contribution in [2.75, 3.05) is 14.1 Å². The van der Waals surface area contributed by atoms with Gasteiger partial charge in [0.05, 0.1) is 5.56 Å². The molecule has 4 nitrogen and oxygen atoms in total. The number of nitrogens with zero attached hydrogens (tertiary/aromatic N) is 2. The molecule has 0 bridgehead atoms. The number of nitriles is 2. The van der Waals surface area contributed by atoms with Crippen LogP contribution in [0.1, 0.15) is 11.1 Å². The Morgan fingerprint density at radius 2 is 1.55 bits per heavy atom. The maximum Gasteiger partial charge on any atom is 0.146 e. The lowest BCUT2D eigenvalue weighted by Gasteiger charge is -2.07. The van der Waals surface area contributed by atoms with Gasteiger partial charge in [-0.25, -0.2) is 0 Å². The highest BCUT2D eigenvalue weighted by atomic mass is 16.5. The number of rotatable bonds is 2. The molecule has 0 aliphatic heterocycles. The zero-order valence-electron chi connectivity index (χ0n) is 11.4. The third-order valence-electron chi connectivity index (χ3n) is 2.23. The second-order valence-electron chi connectivity index (χ2n) is 3.82. The molecule has 20 heavy (non-hydrogen) atoms. The second kappa shape index (κ2) is 8.31. The van der Waals surface area contributed by atoms with Gasteiger partial charge in [-0.1, -0.05) is 24.3 Å². The first-order chi connectivity index (χ1) is 9.76. The van der Waals surface area contributed by atoms with Gasteiger partial charge in [-0.15, -0.1) is 0 Å². The van der Waals surface area contributed by atoms with E-state index >= 15 is 0 Å². The normalized spacial score (nSPS) is 8.60. The van der Waals surface area contributed by atoms with Gasteiger partial charge < -0.3 is 10.1 Å². The molecule has 100 valence electrons. The fraction of sp³-hybridized carbons (Fsp3) is 0.125. The number of hydrogen-bond acceptors (Lipinski definition) is 4. The molecule has 1 N–H and O–H groups in total. The molecule has 0 atom stereocenters. The Labute approximate surface area is 118 Å². The molecule has 0 aliphatic rings. The molecule has 0 amide bonds. The largest absolute Gasteiger partial charge is 0.456 e. The third-order valence-corrected chi connectivity index (χ3v) is 2.23. The third kappa shape index (κ3) is 4.13. The van der Waals surface area contributed by atoms with Crippen LogP contribution < -0.4 is 10.1 Å². The smallest absolute Gasteiger partial charge is 0.146 e. The summed E-state index contributed by atoms with van der Waals surface area (Å²) in [7, 11) is 3.75. The van der Waals surface area contributed by atoms with Gasteiger partial charge in [-0.05, 0) is 38.4 Å². The second-order valence-corrected chi connectivity index (χ2v) is 3.82. The first-order valence-electron chi connectivity index (χ1n) is 6.01. The van der Waals surface area contributed by atoms with Crippen molar-refractivity contribution < 1.29 is 4.74 Å². The number of para-hydroxylation sites is 1. The molecule has 0 aliphatic carbocycles. The maximum atomic E-state index is 9.03. The minimum Gasteiger partial charge on any atom is -0.456 e. The van der Waals surface area contributed by atoms with Crippen molar-refractivity contribution in [1.82, 2.24) is 5.32 Å². The van der Waals surface area contributed by atoms with Gasteiger partial charge in [0.15, 0.2) is 0 Å². The summed E-state index contributed by atoms with van der Waals surface area (Å²) in [5.74, 6) is 1.04. The van der Waals surface area contributed by atoms with Crippen molar-refractivity contribution in [3.05, 3.63) is 59.7 Å². The summed E-state index contributed by atoms with van der Waals surface area (Å²) >= 11 is 0. The monoisotopic (exact) mass is 265 g/mol. The van der Waals surface area contributed by atoms with Gasteiger partial charge in [0.25, 0.3) is 0 Å². The molecular weight excluding hydrogens is 250 g/mol. The van der Waals surface area contributed by atoms with Crippen molar-refractivity contribution in [3.8, 4) is 23.6 Å². The summed E-state index contributed by atoms with van der Waals surface area (Å²) in [6, 6.07) is 18.1. The van der Waals surface area contributed by atoms with E-state index in [4.69, 9.17) is 15.3 Å². The highest BCUT2D eigenvalue weighted by molar-refractivity contribution is 5.54. The molecule has 0 radical (unpaired) electrons. The Bertz CT molecular complexity index is 624. The van der Waals surface area contributed by atoms with Crippen molar-refractivity contribution in [2.45, 2.75) is 0 Å². The van der Waals surface area contributed by atoms with Gasteiger partial charge in [0.1, 0.15) is 29.2 Å². The van der Waals surface area contributed by atoms with Crippen molar-refractivity contribution in [2.24, 2.45) is 0 Å². The molecule has 0 saturated heterocycles. The molecule has 0 heterocycles. The first-order valence-corrected chi connectivity index (χ1v) is 6.01. The molecule has 0 fully saturated rings. The number of nitrogens with one attached hydrogen (secondary N) is 1. The summed E-state index contributed by atoms with van der Waals surface area (Å²) in [5.41, 5.74) is 0.583. The Morgan fingerprint density at radius 3 is 2.10 bits per heavy atom. The van der Waals surface area contributed by atoms with Crippen LogP contribution in [-0.2, 0) is 0 Å². The van der Waals surface area contributed by atoms with Crippen LogP contribution >= 0.6 is 0 Å². The predicted octanol–water partition coefficient (Wildman–Crippen LogP) is 3.06. The van der Waals surface area contributed by atoms with Gasteiger partial charge in [0, 0.05) is 0 Å². The van der Waals surface area contributed by atoms with Crippen LogP contribution in [0.15, 0.2) is 48.5 Å². The van der Waals surface area contributed by atoms with Gasteiger partial charge in [-0.2, -0.15) is 10.5 Å². The number of benzene rings is 2. The molecule has 2 rings (SSSR count).